The van der Waals surface area contributed by atoms with E-state index in [1.807, 2.05) is 31.2 Å². The van der Waals surface area contributed by atoms with E-state index in [4.69, 9.17) is 15.0 Å². The Labute approximate surface area is 177 Å². The monoisotopic (exact) mass is 405 g/mol. The fourth-order valence-corrected chi connectivity index (χ4v) is 4.06. The highest BCUT2D eigenvalue weighted by molar-refractivity contribution is 6.04. The normalized spacial score (nSPS) is 12.0. The Balaban J connectivity index is 1.96. The summed E-state index contributed by atoms with van der Waals surface area (Å²) in [4.78, 5) is 28.2. The van der Waals surface area contributed by atoms with E-state index < -0.39 is 0 Å². The summed E-state index contributed by atoms with van der Waals surface area (Å²) in [6.45, 7) is 9.96. The van der Waals surface area contributed by atoms with Gasteiger partial charge in [0.25, 0.3) is 5.56 Å². The maximum atomic E-state index is 13.5. The van der Waals surface area contributed by atoms with Crippen molar-refractivity contribution in [3.8, 4) is 0 Å². The highest BCUT2D eigenvalue weighted by Gasteiger charge is 2.21. The van der Waals surface area contributed by atoms with Gasteiger partial charge in [0.1, 0.15) is 16.7 Å². The van der Waals surface area contributed by atoms with Crippen LogP contribution in [0.15, 0.2) is 29.1 Å². The SMILES string of the molecule is CCCCCCn1c2nc3ccccc3nc2c2c(=O)n(CCC(C)C)c(C)nc21. The van der Waals surface area contributed by atoms with Gasteiger partial charge in [0, 0.05) is 13.1 Å². The van der Waals surface area contributed by atoms with Crippen molar-refractivity contribution in [1.29, 1.82) is 0 Å². The Morgan fingerprint density at radius 3 is 2.33 bits per heavy atom. The summed E-state index contributed by atoms with van der Waals surface area (Å²) in [5, 5.41) is 0.605. The topological polar surface area (TPSA) is 65.6 Å². The predicted octanol–water partition coefficient (Wildman–Crippen LogP) is 5.23. The van der Waals surface area contributed by atoms with E-state index >= 15 is 0 Å². The van der Waals surface area contributed by atoms with E-state index in [1.165, 1.54) is 12.8 Å². The minimum atomic E-state index is 0.0000364. The van der Waals surface area contributed by atoms with Crippen molar-refractivity contribution in [2.24, 2.45) is 5.92 Å². The fraction of sp³-hybridized carbons (Fsp3) is 0.500. The van der Waals surface area contributed by atoms with Crippen LogP contribution in [0.5, 0.6) is 0 Å². The zero-order valence-electron chi connectivity index (χ0n) is 18.5. The molecular weight excluding hydrogens is 374 g/mol. The molecule has 6 nitrogen and oxygen atoms in total. The van der Waals surface area contributed by atoms with Crippen molar-refractivity contribution in [1.82, 2.24) is 24.1 Å². The zero-order chi connectivity index (χ0) is 21.3. The first-order valence-electron chi connectivity index (χ1n) is 11.2. The van der Waals surface area contributed by atoms with Gasteiger partial charge in [-0.25, -0.2) is 15.0 Å². The Kier molecular flexibility index (Phi) is 5.84. The van der Waals surface area contributed by atoms with E-state index in [9.17, 15) is 4.79 Å². The molecule has 0 bridgehead atoms. The minimum absolute atomic E-state index is 0.0000364. The van der Waals surface area contributed by atoms with Crippen LogP contribution in [0.2, 0.25) is 0 Å². The molecule has 0 aliphatic heterocycles. The molecule has 30 heavy (non-hydrogen) atoms. The van der Waals surface area contributed by atoms with Gasteiger partial charge in [-0.05, 0) is 37.8 Å². The van der Waals surface area contributed by atoms with Gasteiger partial charge in [-0.1, -0.05) is 52.2 Å². The Bertz CT molecular complexity index is 1250. The highest BCUT2D eigenvalue weighted by Crippen LogP contribution is 2.26. The molecule has 3 heterocycles. The zero-order valence-corrected chi connectivity index (χ0v) is 18.5. The van der Waals surface area contributed by atoms with Gasteiger partial charge in [0.05, 0.1) is 11.0 Å². The van der Waals surface area contributed by atoms with Gasteiger partial charge in [-0.2, -0.15) is 0 Å². The van der Waals surface area contributed by atoms with Gasteiger partial charge in [0.15, 0.2) is 11.3 Å². The lowest BCUT2D eigenvalue weighted by Gasteiger charge is -2.12. The maximum absolute atomic E-state index is 13.5. The molecule has 1 aromatic carbocycles. The van der Waals surface area contributed by atoms with Gasteiger partial charge < -0.3 is 4.57 Å². The summed E-state index contributed by atoms with van der Waals surface area (Å²) in [7, 11) is 0. The van der Waals surface area contributed by atoms with Crippen molar-refractivity contribution < 1.29 is 0 Å². The van der Waals surface area contributed by atoms with Crippen molar-refractivity contribution >= 4 is 33.2 Å². The maximum Gasteiger partial charge on any atom is 0.265 e. The quantitative estimate of drug-likeness (QED) is 0.377. The molecule has 0 saturated heterocycles. The third-order valence-corrected chi connectivity index (χ3v) is 5.81. The van der Waals surface area contributed by atoms with Gasteiger partial charge in [-0.3, -0.25) is 9.36 Å². The molecule has 3 aromatic heterocycles. The van der Waals surface area contributed by atoms with Crippen molar-refractivity contribution in [2.75, 3.05) is 0 Å². The van der Waals surface area contributed by atoms with E-state index in [0.717, 1.165) is 54.0 Å². The third-order valence-electron chi connectivity index (χ3n) is 5.81. The van der Waals surface area contributed by atoms with Crippen LogP contribution in [0.3, 0.4) is 0 Å². The summed E-state index contributed by atoms with van der Waals surface area (Å²) < 4.78 is 3.92. The first-order valence-corrected chi connectivity index (χ1v) is 11.2. The van der Waals surface area contributed by atoms with Gasteiger partial charge in [0.2, 0.25) is 0 Å². The number of hydrogen-bond acceptors (Lipinski definition) is 4. The fourth-order valence-electron chi connectivity index (χ4n) is 4.06. The molecule has 0 unspecified atom stereocenters. The molecule has 0 aliphatic rings. The second-order valence-corrected chi connectivity index (χ2v) is 8.59. The second-order valence-electron chi connectivity index (χ2n) is 8.59. The molecule has 0 radical (unpaired) electrons. The number of rotatable bonds is 8. The summed E-state index contributed by atoms with van der Waals surface area (Å²) in [5.74, 6) is 1.28. The van der Waals surface area contributed by atoms with Crippen LogP contribution < -0.4 is 5.56 Å². The summed E-state index contributed by atoms with van der Waals surface area (Å²) in [6.07, 6.45) is 5.54. The molecule has 0 atom stereocenters. The third kappa shape index (κ3) is 3.71. The highest BCUT2D eigenvalue weighted by atomic mass is 16.1. The van der Waals surface area contributed by atoms with Crippen LogP contribution in [-0.2, 0) is 13.1 Å². The number of benzene rings is 1. The molecule has 0 amide bonds. The van der Waals surface area contributed by atoms with Gasteiger partial charge in [-0.15, -0.1) is 0 Å². The first kappa shape index (κ1) is 20.5. The summed E-state index contributed by atoms with van der Waals surface area (Å²) >= 11 is 0. The molecule has 0 fully saturated rings. The van der Waals surface area contributed by atoms with Crippen molar-refractivity contribution in [3.05, 3.63) is 40.4 Å². The van der Waals surface area contributed by atoms with E-state index in [-0.39, 0.29) is 5.56 Å². The van der Waals surface area contributed by atoms with Crippen molar-refractivity contribution in [3.63, 3.8) is 0 Å². The molecule has 0 spiro atoms. The Morgan fingerprint density at radius 1 is 0.900 bits per heavy atom. The van der Waals surface area contributed by atoms with E-state index in [1.54, 1.807) is 4.57 Å². The van der Waals surface area contributed by atoms with Crippen LogP contribution in [0, 0.1) is 12.8 Å². The second kappa shape index (κ2) is 8.54. The van der Waals surface area contributed by atoms with Crippen LogP contribution in [0.4, 0.5) is 0 Å². The number of aromatic nitrogens is 5. The molecule has 4 rings (SSSR count). The molecule has 0 aliphatic carbocycles. The average molecular weight is 406 g/mol. The molecule has 6 heteroatoms. The van der Waals surface area contributed by atoms with Crippen LogP contribution in [-0.4, -0.2) is 24.1 Å². The minimum Gasteiger partial charge on any atom is -0.308 e. The lowest BCUT2D eigenvalue weighted by atomic mass is 10.1. The summed E-state index contributed by atoms with van der Waals surface area (Å²) in [6, 6.07) is 7.85. The Morgan fingerprint density at radius 2 is 1.63 bits per heavy atom. The van der Waals surface area contributed by atoms with Gasteiger partial charge >= 0.3 is 0 Å². The average Bonchev–Trinajstić information content (AvgIpc) is 3.01. The van der Waals surface area contributed by atoms with Crippen molar-refractivity contribution in [2.45, 2.75) is 72.9 Å². The lowest BCUT2D eigenvalue weighted by molar-refractivity contribution is 0.498. The van der Waals surface area contributed by atoms with E-state index in [2.05, 4.69) is 25.3 Å². The number of fused-ring (bicyclic) bond motifs is 4. The van der Waals surface area contributed by atoms with Crippen LogP contribution in [0.1, 0.15) is 58.7 Å². The number of para-hydroxylation sites is 2. The first-order chi connectivity index (χ1) is 14.5. The number of hydrogen-bond donors (Lipinski definition) is 0. The Hall–Kier alpha value is -2.76. The number of unbranched alkanes of at least 4 members (excludes halogenated alkanes) is 3. The summed E-state index contributed by atoms with van der Waals surface area (Å²) in [5.41, 5.74) is 3.82. The lowest BCUT2D eigenvalue weighted by Crippen LogP contribution is -2.25. The molecule has 4 aromatic rings. The van der Waals surface area contributed by atoms with Crippen LogP contribution in [0.25, 0.3) is 33.2 Å². The number of aryl methyl sites for hydroxylation is 2. The largest absolute Gasteiger partial charge is 0.308 e. The standard InChI is InChI=1S/C24H31N5O/c1-5-6-7-10-14-29-22-20(24(30)28(17(4)25-22)15-13-16(2)3)21-23(29)27-19-12-9-8-11-18(19)26-21/h8-9,11-12,16H,5-7,10,13-15H2,1-4H3. The molecular formula is C24H31N5O. The molecule has 0 N–H and O–H groups in total. The van der Waals surface area contributed by atoms with Crippen LogP contribution >= 0.6 is 0 Å². The molecule has 0 saturated carbocycles. The van der Waals surface area contributed by atoms with E-state index in [0.29, 0.717) is 23.4 Å². The predicted molar refractivity (Wildman–Crippen MR) is 123 cm³/mol. The smallest absolute Gasteiger partial charge is 0.265 e. The number of nitrogens with zero attached hydrogens (tertiary/aromatic N) is 5. The molecule has 158 valence electrons.